The van der Waals surface area contributed by atoms with E-state index in [0.717, 1.165) is 19.4 Å². The van der Waals surface area contributed by atoms with Gasteiger partial charge in [0.15, 0.2) is 0 Å². The van der Waals surface area contributed by atoms with Crippen LogP contribution in [0.15, 0.2) is 24.3 Å². The summed E-state index contributed by atoms with van der Waals surface area (Å²) in [5, 5.41) is 0. The lowest BCUT2D eigenvalue weighted by Gasteiger charge is -2.34. The Kier molecular flexibility index (Phi) is 3.97. The summed E-state index contributed by atoms with van der Waals surface area (Å²) in [6, 6.07) is 5.81. The van der Waals surface area contributed by atoms with Gasteiger partial charge in [-0.3, -0.25) is 4.79 Å². The van der Waals surface area contributed by atoms with Crippen molar-refractivity contribution < 1.29 is 9.18 Å². The van der Waals surface area contributed by atoms with Crippen LogP contribution in [0.2, 0.25) is 0 Å². The lowest BCUT2D eigenvalue weighted by molar-refractivity contribution is 0.0661. The molecule has 0 aromatic heterocycles. The van der Waals surface area contributed by atoms with Crippen molar-refractivity contribution in [3.05, 3.63) is 35.6 Å². The SMILES string of the molecule is CC(N)C1CCCN(C(=O)c2ccc(F)cc2)C1. The van der Waals surface area contributed by atoms with E-state index in [4.69, 9.17) is 5.73 Å². The predicted molar refractivity (Wildman–Crippen MR) is 68.7 cm³/mol. The summed E-state index contributed by atoms with van der Waals surface area (Å²) in [6.45, 7) is 3.45. The molecule has 1 amide bonds. The monoisotopic (exact) mass is 250 g/mol. The number of benzene rings is 1. The zero-order valence-corrected chi connectivity index (χ0v) is 10.6. The second kappa shape index (κ2) is 5.48. The van der Waals surface area contributed by atoms with Gasteiger partial charge in [0.2, 0.25) is 0 Å². The molecule has 0 saturated carbocycles. The van der Waals surface area contributed by atoms with Crippen LogP contribution >= 0.6 is 0 Å². The molecule has 0 aliphatic carbocycles. The number of rotatable bonds is 2. The summed E-state index contributed by atoms with van der Waals surface area (Å²) in [5.74, 6) is 0.0159. The number of hydrogen-bond donors (Lipinski definition) is 1. The van der Waals surface area contributed by atoms with E-state index in [2.05, 4.69) is 0 Å². The second-order valence-electron chi connectivity index (χ2n) is 5.02. The van der Waals surface area contributed by atoms with E-state index in [-0.39, 0.29) is 17.8 Å². The van der Waals surface area contributed by atoms with Crippen LogP contribution in [-0.4, -0.2) is 29.9 Å². The van der Waals surface area contributed by atoms with Crippen molar-refractivity contribution in [1.29, 1.82) is 0 Å². The molecule has 4 heteroatoms. The minimum absolute atomic E-state index is 0.0275. The molecule has 1 heterocycles. The van der Waals surface area contributed by atoms with Gasteiger partial charge in [-0.25, -0.2) is 4.39 Å². The number of halogens is 1. The molecule has 1 aromatic rings. The molecule has 2 unspecified atom stereocenters. The lowest BCUT2D eigenvalue weighted by Crippen LogP contribution is -2.45. The highest BCUT2D eigenvalue weighted by atomic mass is 19.1. The highest BCUT2D eigenvalue weighted by Crippen LogP contribution is 2.20. The second-order valence-corrected chi connectivity index (χ2v) is 5.02. The third-order valence-electron chi connectivity index (χ3n) is 3.58. The number of amides is 1. The molecule has 1 fully saturated rings. The van der Waals surface area contributed by atoms with Crippen LogP contribution in [0.25, 0.3) is 0 Å². The van der Waals surface area contributed by atoms with Crippen LogP contribution in [0.1, 0.15) is 30.1 Å². The first-order valence-electron chi connectivity index (χ1n) is 6.38. The van der Waals surface area contributed by atoms with Gasteiger partial charge in [-0.15, -0.1) is 0 Å². The number of hydrogen-bond acceptors (Lipinski definition) is 2. The van der Waals surface area contributed by atoms with Crippen LogP contribution in [0, 0.1) is 11.7 Å². The number of nitrogens with zero attached hydrogens (tertiary/aromatic N) is 1. The zero-order chi connectivity index (χ0) is 13.1. The van der Waals surface area contributed by atoms with Crippen molar-refractivity contribution in [3.63, 3.8) is 0 Å². The molecular formula is C14H19FN2O. The summed E-state index contributed by atoms with van der Waals surface area (Å²) in [5.41, 5.74) is 6.44. The minimum atomic E-state index is -0.321. The van der Waals surface area contributed by atoms with E-state index in [1.54, 1.807) is 0 Å². The summed E-state index contributed by atoms with van der Waals surface area (Å²) < 4.78 is 12.8. The highest BCUT2D eigenvalue weighted by Gasteiger charge is 2.26. The maximum atomic E-state index is 12.8. The number of carbonyl (C=O) groups is 1. The maximum absolute atomic E-state index is 12.8. The van der Waals surface area contributed by atoms with Crippen molar-refractivity contribution in [2.24, 2.45) is 11.7 Å². The first kappa shape index (κ1) is 13.0. The third kappa shape index (κ3) is 2.88. The van der Waals surface area contributed by atoms with Gasteiger partial charge < -0.3 is 10.6 Å². The molecule has 0 spiro atoms. The van der Waals surface area contributed by atoms with E-state index >= 15 is 0 Å². The molecule has 1 aromatic carbocycles. The van der Waals surface area contributed by atoms with E-state index in [1.807, 2.05) is 11.8 Å². The van der Waals surface area contributed by atoms with Crippen molar-refractivity contribution in [2.45, 2.75) is 25.8 Å². The van der Waals surface area contributed by atoms with Crippen LogP contribution in [-0.2, 0) is 0 Å². The normalized spacial score (nSPS) is 21.7. The van der Waals surface area contributed by atoms with Crippen molar-refractivity contribution in [3.8, 4) is 0 Å². The Balaban J connectivity index is 2.06. The van der Waals surface area contributed by atoms with Gasteiger partial charge in [-0.2, -0.15) is 0 Å². The minimum Gasteiger partial charge on any atom is -0.338 e. The molecule has 2 N–H and O–H groups in total. The molecule has 98 valence electrons. The Labute approximate surface area is 107 Å². The van der Waals surface area contributed by atoms with Gasteiger partial charge >= 0.3 is 0 Å². The average Bonchev–Trinajstić information content (AvgIpc) is 2.39. The number of nitrogens with two attached hydrogens (primary N) is 1. The van der Waals surface area contributed by atoms with Crippen molar-refractivity contribution in [1.82, 2.24) is 4.90 Å². The molecular weight excluding hydrogens is 231 g/mol. The molecule has 0 radical (unpaired) electrons. The number of carbonyl (C=O) groups excluding carboxylic acids is 1. The van der Waals surface area contributed by atoms with E-state index in [9.17, 15) is 9.18 Å². The van der Waals surface area contributed by atoms with Gasteiger partial charge in [0, 0.05) is 24.7 Å². The summed E-state index contributed by atoms with van der Waals surface area (Å²) in [7, 11) is 0. The first-order chi connectivity index (χ1) is 8.58. The zero-order valence-electron chi connectivity index (χ0n) is 10.6. The maximum Gasteiger partial charge on any atom is 0.253 e. The number of piperidine rings is 1. The smallest absolute Gasteiger partial charge is 0.253 e. The largest absolute Gasteiger partial charge is 0.338 e. The molecule has 0 bridgehead atoms. The molecule has 18 heavy (non-hydrogen) atoms. The molecule has 1 aliphatic rings. The fraction of sp³-hybridized carbons (Fsp3) is 0.500. The highest BCUT2D eigenvalue weighted by molar-refractivity contribution is 5.94. The molecule has 1 saturated heterocycles. The Hall–Kier alpha value is -1.42. The van der Waals surface area contributed by atoms with Crippen molar-refractivity contribution in [2.75, 3.05) is 13.1 Å². The van der Waals surface area contributed by atoms with Crippen molar-refractivity contribution >= 4 is 5.91 Å². The van der Waals surface area contributed by atoms with Gasteiger partial charge in [-0.05, 0) is 49.9 Å². The van der Waals surface area contributed by atoms with E-state index in [0.29, 0.717) is 18.0 Å². The topological polar surface area (TPSA) is 46.3 Å². The van der Waals surface area contributed by atoms with Gasteiger partial charge in [0.25, 0.3) is 5.91 Å². The summed E-state index contributed by atoms with van der Waals surface area (Å²) >= 11 is 0. The standard InChI is InChI=1S/C14H19FN2O/c1-10(16)12-3-2-8-17(9-12)14(18)11-4-6-13(15)7-5-11/h4-7,10,12H,2-3,8-9,16H2,1H3. The predicted octanol–water partition coefficient (Wildman–Crippen LogP) is 2.03. The van der Waals surface area contributed by atoms with Crippen LogP contribution in [0.3, 0.4) is 0 Å². The van der Waals surface area contributed by atoms with E-state index in [1.165, 1.54) is 24.3 Å². The first-order valence-corrected chi connectivity index (χ1v) is 6.38. The number of likely N-dealkylation sites (tertiary alicyclic amines) is 1. The van der Waals surface area contributed by atoms with Crippen LogP contribution in [0.4, 0.5) is 4.39 Å². The van der Waals surface area contributed by atoms with Crippen LogP contribution < -0.4 is 5.73 Å². The van der Waals surface area contributed by atoms with Gasteiger partial charge in [0.1, 0.15) is 5.82 Å². The average molecular weight is 250 g/mol. The van der Waals surface area contributed by atoms with Gasteiger partial charge in [0.05, 0.1) is 0 Å². The fourth-order valence-corrected chi connectivity index (χ4v) is 2.40. The summed E-state index contributed by atoms with van der Waals surface area (Å²) in [4.78, 5) is 14.1. The molecule has 3 nitrogen and oxygen atoms in total. The molecule has 1 aliphatic heterocycles. The Morgan fingerprint density at radius 3 is 2.72 bits per heavy atom. The van der Waals surface area contributed by atoms with E-state index < -0.39 is 0 Å². The molecule has 2 atom stereocenters. The van der Waals surface area contributed by atoms with Crippen LogP contribution in [0.5, 0.6) is 0 Å². The van der Waals surface area contributed by atoms with Gasteiger partial charge in [-0.1, -0.05) is 0 Å². The lowest BCUT2D eigenvalue weighted by atomic mass is 9.92. The third-order valence-corrected chi connectivity index (χ3v) is 3.58. The Bertz CT molecular complexity index is 416. The Morgan fingerprint density at radius 2 is 2.11 bits per heavy atom. The molecule has 2 rings (SSSR count). The fourth-order valence-electron chi connectivity index (χ4n) is 2.40. The summed E-state index contributed by atoms with van der Waals surface area (Å²) in [6.07, 6.45) is 2.06. The quantitative estimate of drug-likeness (QED) is 0.873. The Morgan fingerprint density at radius 1 is 1.44 bits per heavy atom.